The lowest BCUT2D eigenvalue weighted by Gasteiger charge is -2.46. The van der Waals surface area contributed by atoms with Crippen LogP contribution < -0.4 is 4.74 Å². The molecule has 2 aliphatic rings. The maximum Gasteiger partial charge on any atom is 0.119 e. The van der Waals surface area contributed by atoms with Crippen LogP contribution in [0.15, 0.2) is 30.3 Å². The predicted octanol–water partition coefficient (Wildman–Crippen LogP) is 1.20. The van der Waals surface area contributed by atoms with E-state index in [1.165, 1.54) is 5.69 Å². The van der Waals surface area contributed by atoms with E-state index in [-0.39, 0.29) is 18.8 Å². The van der Waals surface area contributed by atoms with Crippen LogP contribution in [-0.2, 0) is 11.3 Å². The van der Waals surface area contributed by atoms with Gasteiger partial charge in [0, 0.05) is 45.0 Å². The zero-order valence-electron chi connectivity index (χ0n) is 18.3. The Morgan fingerprint density at radius 1 is 1.13 bits per heavy atom. The molecule has 2 aromatic rings. The van der Waals surface area contributed by atoms with Gasteiger partial charge in [0.1, 0.15) is 18.5 Å². The number of benzene rings is 1. The number of hydrogen-bond donors (Lipinski definition) is 1. The molecule has 1 N–H and O–H groups in total. The Bertz CT molecular complexity index is 893. The fraction of sp³-hybridized carbons (Fsp3) is 0.565. The summed E-state index contributed by atoms with van der Waals surface area (Å²) in [5.74, 6) is 0.662. The molecule has 0 saturated carbocycles. The Morgan fingerprint density at radius 3 is 2.42 bits per heavy atom. The van der Waals surface area contributed by atoms with E-state index in [1.54, 1.807) is 24.3 Å². The van der Waals surface area contributed by atoms with E-state index in [0.29, 0.717) is 17.9 Å². The SMILES string of the molecule is Cc1cc(C)n(CCN2CC3CN(C[C@@H](O)COc4ccc(C#N)cc4)CC(C2)O3)n1. The van der Waals surface area contributed by atoms with E-state index < -0.39 is 6.10 Å². The minimum atomic E-state index is -0.573. The van der Waals surface area contributed by atoms with Crippen LogP contribution in [0, 0.1) is 25.2 Å². The molecule has 1 aromatic heterocycles. The van der Waals surface area contributed by atoms with Gasteiger partial charge in [0.2, 0.25) is 0 Å². The van der Waals surface area contributed by atoms with Gasteiger partial charge in [0.15, 0.2) is 0 Å². The van der Waals surface area contributed by atoms with Gasteiger partial charge in [-0.2, -0.15) is 10.4 Å². The summed E-state index contributed by atoms with van der Waals surface area (Å²) in [7, 11) is 0. The first-order chi connectivity index (χ1) is 15.0. The van der Waals surface area contributed by atoms with Gasteiger partial charge < -0.3 is 14.6 Å². The summed E-state index contributed by atoms with van der Waals surface area (Å²) in [6, 6.07) is 11.1. The van der Waals surface area contributed by atoms with Gasteiger partial charge in [-0.3, -0.25) is 14.5 Å². The summed E-state index contributed by atoms with van der Waals surface area (Å²) in [6.45, 7) is 10.2. The number of β-amino-alcohol motifs (C(OH)–C–C–N with tert-alkyl or cyclic N) is 1. The van der Waals surface area contributed by atoms with Crippen LogP contribution >= 0.6 is 0 Å². The zero-order valence-corrected chi connectivity index (χ0v) is 18.3. The van der Waals surface area contributed by atoms with Gasteiger partial charge in [0.25, 0.3) is 0 Å². The quantitative estimate of drug-likeness (QED) is 0.680. The number of nitrogens with zero attached hydrogens (tertiary/aromatic N) is 5. The fourth-order valence-corrected chi connectivity index (χ4v) is 4.50. The van der Waals surface area contributed by atoms with Crippen LogP contribution in [0.4, 0.5) is 0 Å². The highest BCUT2D eigenvalue weighted by molar-refractivity contribution is 5.34. The molecular formula is C23H31N5O3. The molecule has 31 heavy (non-hydrogen) atoms. The van der Waals surface area contributed by atoms with E-state index >= 15 is 0 Å². The maximum absolute atomic E-state index is 10.4. The first-order valence-corrected chi connectivity index (χ1v) is 10.9. The van der Waals surface area contributed by atoms with Crippen LogP contribution in [0.1, 0.15) is 17.0 Å². The third-order valence-electron chi connectivity index (χ3n) is 5.86. The highest BCUT2D eigenvalue weighted by Gasteiger charge is 2.35. The van der Waals surface area contributed by atoms with Gasteiger partial charge in [-0.15, -0.1) is 0 Å². The molecule has 8 nitrogen and oxygen atoms in total. The number of nitriles is 1. The van der Waals surface area contributed by atoms with Crippen molar-refractivity contribution in [1.82, 2.24) is 19.6 Å². The van der Waals surface area contributed by atoms with Crippen LogP contribution in [-0.4, -0.2) is 88.9 Å². The lowest BCUT2D eigenvalue weighted by molar-refractivity contribution is -0.143. The molecule has 0 radical (unpaired) electrons. The molecule has 0 amide bonds. The van der Waals surface area contributed by atoms with Crippen LogP contribution in [0.3, 0.4) is 0 Å². The minimum absolute atomic E-state index is 0.166. The number of ether oxygens (including phenoxy) is 2. The number of hydrogen-bond acceptors (Lipinski definition) is 7. The van der Waals surface area contributed by atoms with Crippen molar-refractivity contribution in [3.63, 3.8) is 0 Å². The number of aliphatic hydroxyl groups excluding tert-OH is 1. The zero-order chi connectivity index (χ0) is 21.8. The average Bonchev–Trinajstić information content (AvgIpc) is 3.07. The van der Waals surface area contributed by atoms with Crippen molar-refractivity contribution < 1.29 is 14.6 Å². The molecule has 3 atom stereocenters. The van der Waals surface area contributed by atoms with Gasteiger partial charge in [-0.05, 0) is 44.2 Å². The molecule has 4 rings (SSSR count). The molecular weight excluding hydrogens is 394 g/mol. The van der Waals surface area contributed by atoms with Gasteiger partial charge in [-0.25, -0.2) is 0 Å². The largest absolute Gasteiger partial charge is 0.491 e. The fourth-order valence-electron chi connectivity index (χ4n) is 4.50. The number of aromatic nitrogens is 2. The second-order valence-corrected chi connectivity index (χ2v) is 8.61. The van der Waals surface area contributed by atoms with E-state index in [1.807, 2.05) is 6.92 Å². The summed E-state index contributed by atoms with van der Waals surface area (Å²) < 4.78 is 13.9. The molecule has 2 saturated heterocycles. The summed E-state index contributed by atoms with van der Waals surface area (Å²) in [4.78, 5) is 4.75. The van der Waals surface area contributed by atoms with E-state index in [9.17, 15) is 5.11 Å². The monoisotopic (exact) mass is 425 g/mol. The number of aliphatic hydroxyl groups is 1. The third kappa shape index (κ3) is 5.83. The van der Waals surface area contributed by atoms with Gasteiger partial charge >= 0.3 is 0 Å². The average molecular weight is 426 g/mol. The number of rotatable bonds is 8. The number of morpholine rings is 2. The van der Waals surface area contributed by atoms with Crippen molar-refractivity contribution in [3.8, 4) is 11.8 Å². The van der Waals surface area contributed by atoms with Crippen LogP contribution in [0.5, 0.6) is 5.75 Å². The lowest BCUT2D eigenvalue weighted by atomic mass is 10.1. The Labute approximate surface area is 183 Å². The predicted molar refractivity (Wildman–Crippen MR) is 116 cm³/mol. The molecule has 3 heterocycles. The molecule has 2 aliphatic heterocycles. The van der Waals surface area contributed by atoms with Crippen molar-refractivity contribution >= 4 is 0 Å². The van der Waals surface area contributed by atoms with E-state index in [2.05, 4.69) is 38.6 Å². The van der Waals surface area contributed by atoms with Crippen molar-refractivity contribution in [1.29, 1.82) is 5.26 Å². The highest BCUT2D eigenvalue weighted by atomic mass is 16.5. The first kappa shape index (κ1) is 21.8. The van der Waals surface area contributed by atoms with Crippen LogP contribution in [0.2, 0.25) is 0 Å². The third-order valence-corrected chi connectivity index (χ3v) is 5.86. The summed E-state index contributed by atoms with van der Waals surface area (Å²) in [5.41, 5.74) is 2.86. The van der Waals surface area contributed by atoms with Crippen molar-refractivity contribution in [3.05, 3.63) is 47.3 Å². The molecule has 1 aromatic carbocycles. The Morgan fingerprint density at radius 2 is 1.81 bits per heavy atom. The van der Waals surface area contributed by atoms with Crippen molar-refractivity contribution in [2.75, 3.05) is 45.9 Å². The summed E-state index contributed by atoms with van der Waals surface area (Å²) in [5, 5.41) is 23.8. The number of aryl methyl sites for hydroxylation is 2. The highest BCUT2D eigenvalue weighted by Crippen LogP contribution is 2.20. The molecule has 166 valence electrons. The van der Waals surface area contributed by atoms with Gasteiger partial charge in [0.05, 0.1) is 36.1 Å². The maximum atomic E-state index is 10.4. The van der Waals surface area contributed by atoms with Gasteiger partial charge in [-0.1, -0.05) is 0 Å². The van der Waals surface area contributed by atoms with E-state index in [4.69, 9.17) is 14.7 Å². The van der Waals surface area contributed by atoms with E-state index in [0.717, 1.165) is 45.0 Å². The molecule has 0 aliphatic carbocycles. The van der Waals surface area contributed by atoms with Crippen molar-refractivity contribution in [2.24, 2.45) is 0 Å². The number of fused-ring (bicyclic) bond motifs is 2. The molecule has 0 spiro atoms. The Balaban J connectivity index is 1.20. The topological polar surface area (TPSA) is 86.8 Å². The molecule has 2 bridgehead atoms. The second kappa shape index (κ2) is 9.79. The second-order valence-electron chi connectivity index (χ2n) is 8.61. The normalized spacial score (nSPS) is 22.8. The van der Waals surface area contributed by atoms with Crippen molar-refractivity contribution in [2.45, 2.75) is 38.7 Å². The Hall–Kier alpha value is -2.44. The molecule has 8 heteroatoms. The molecule has 2 fully saturated rings. The first-order valence-electron chi connectivity index (χ1n) is 10.9. The smallest absolute Gasteiger partial charge is 0.119 e. The minimum Gasteiger partial charge on any atom is -0.491 e. The lowest BCUT2D eigenvalue weighted by Crippen LogP contribution is -2.60. The summed E-state index contributed by atoms with van der Waals surface area (Å²) >= 11 is 0. The van der Waals surface area contributed by atoms with Crippen LogP contribution in [0.25, 0.3) is 0 Å². The summed E-state index contributed by atoms with van der Waals surface area (Å²) in [6.07, 6.45) is -0.240. The standard InChI is InChI=1S/C23H31N5O3/c1-17-9-18(2)28(25-17)8-7-26-12-22-14-27(15-23(13-26)31-22)11-20(29)16-30-21-5-3-19(10-24)4-6-21/h3-6,9,20,22-23,29H,7-8,11-16H2,1-2H3/t20-,22?,23?/m1/s1. The molecule has 2 unspecified atom stereocenters. The Kier molecular flexibility index (Phi) is 6.88.